The third-order valence-corrected chi connectivity index (χ3v) is 6.80. The van der Waals surface area contributed by atoms with Crippen LogP contribution in [0, 0.1) is 5.92 Å². The number of hydrogen-bond donors (Lipinski definition) is 1. The van der Waals surface area contributed by atoms with Crippen LogP contribution in [0.1, 0.15) is 31.4 Å². The van der Waals surface area contributed by atoms with Gasteiger partial charge in [0.1, 0.15) is 0 Å². The van der Waals surface area contributed by atoms with Crippen LogP contribution in [0.15, 0.2) is 29.5 Å². The zero-order valence-corrected chi connectivity index (χ0v) is 20.8. The van der Waals surface area contributed by atoms with E-state index in [0.29, 0.717) is 61.1 Å². The van der Waals surface area contributed by atoms with Gasteiger partial charge in [-0.1, -0.05) is 12.1 Å². The molecule has 4 rings (SSSR count). The van der Waals surface area contributed by atoms with Crippen LogP contribution in [0.2, 0.25) is 0 Å². The first-order valence-corrected chi connectivity index (χ1v) is 12.1. The molecule has 2 aliphatic heterocycles. The topological polar surface area (TPSA) is 101 Å². The maximum Gasteiger partial charge on any atom is 0.338 e. The van der Waals surface area contributed by atoms with E-state index < -0.39 is 12.0 Å². The average Bonchev–Trinajstić information content (AvgIpc) is 3.71. The van der Waals surface area contributed by atoms with Gasteiger partial charge in [-0.3, -0.25) is 14.6 Å². The lowest BCUT2D eigenvalue weighted by molar-refractivity contribution is -0.139. The number of nitrogens with zero attached hydrogens (tertiary/aromatic N) is 3. The van der Waals surface area contributed by atoms with Gasteiger partial charge in [-0.2, -0.15) is 0 Å². The van der Waals surface area contributed by atoms with Gasteiger partial charge in [0.15, 0.2) is 11.5 Å². The van der Waals surface area contributed by atoms with Crippen molar-refractivity contribution in [1.82, 2.24) is 20.0 Å². The molecule has 1 saturated heterocycles. The highest BCUT2D eigenvalue weighted by Crippen LogP contribution is 2.40. The van der Waals surface area contributed by atoms with E-state index in [4.69, 9.17) is 14.2 Å². The van der Waals surface area contributed by atoms with Gasteiger partial charge in [0, 0.05) is 56.9 Å². The summed E-state index contributed by atoms with van der Waals surface area (Å²) in [6.07, 6.45) is 1.98. The molecule has 10 nitrogen and oxygen atoms in total. The minimum absolute atomic E-state index is 0.200. The van der Waals surface area contributed by atoms with Crippen LogP contribution < -0.4 is 14.8 Å². The molecule has 1 N–H and O–H groups in total. The van der Waals surface area contributed by atoms with E-state index in [1.807, 2.05) is 4.90 Å². The molecule has 2 heterocycles. The molecule has 3 aliphatic rings. The van der Waals surface area contributed by atoms with Gasteiger partial charge in [-0.15, -0.1) is 0 Å². The number of esters is 1. The number of benzene rings is 1. The molecule has 1 atom stereocenters. The number of urea groups is 1. The first kappa shape index (κ1) is 24.8. The Kier molecular flexibility index (Phi) is 7.49. The zero-order chi connectivity index (χ0) is 25.1. The summed E-state index contributed by atoms with van der Waals surface area (Å²) in [6.45, 7) is 4.95. The fraction of sp³-hybridized carbons (Fsp3) is 0.560. The first-order valence-electron chi connectivity index (χ1n) is 12.1. The van der Waals surface area contributed by atoms with Crippen LogP contribution in [-0.4, -0.2) is 93.2 Å². The van der Waals surface area contributed by atoms with E-state index in [2.05, 4.69) is 10.2 Å². The smallest absolute Gasteiger partial charge is 0.338 e. The van der Waals surface area contributed by atoms with E-state index in [1.54, 1.807) is 32.2 Å². The molecule has 0 unspecified atom stereocenters. The molecule has 190 valence electrons. The van der Waals surface area contributed by atoms with Crippen LogP contribution in [-0.2, 0) is 14.3 Å². The van der Waals surface area contributed by atoms with Crippen molar-refractivity contribution in [3.8, 4) is 11.5 Å². The number of hydrogen-bond acceptors (Lipinski definition) is 7. The van der Waals surface area contributed by atoms with Gasteiger partial charge in [0.05, 0.1) is 32.4 Å². The van der Waals surface area contributed by atoms with Gasteiger partial charge in [-0.05, 0) is 25.8 Å². The van der Waals surface area contributed by atoms with Crippen molar-refractivity contribution >= 4 is 17.9 Å². The van der Waals surface area contributed by atoms with Crippen LogP contribution in [0.25, 0.3) is 0 Å². The second-order valence-corrected chi connectivity index (χ2v) is 8.98. The summed E-state index contributed by atoms with van der Waals surface area (Å²) in [5, 5.41) is 2.93. The third kappa shape index (κ3) is 5.07. The Morgan fingerprint density at radius 2 is 1.80 bits per heavy atom. The van der Waals surface area contributed by atoms with Crippen molar-refractivity contribution < 1.29 is 28.6 Å². The van der Waals surface area contributed by atoms with E-state index in [0.717, 1.165) is 12.8 Å². The number of carbonyl (C=O) groups is 3. The monoisotopic (exact) mass is 486 g/mol. The number of rotatable bonds is 8. The Balaban J connectivity index is 1.67. The molecule has 0 aromatic heterocycles. The van der Waals surface area contributed by atoms with Crippen LogP contribution >= 0.6 is 0 Å². The molecular weight excluding hydrogens is 452 g/mol. The highest BCUT2D eigenvalue weighted by atomic mass is 16.5. The van der Waals surface area contributed by atoms with E-state index in [-0.39, 0.29) is 24.5 Å². The summed E-state index contributed by atoms with van der Waals surface area (Å²) in [7, 11) is 4.71. The number of methoxy groups -OCH3 is 2. The second-order valence-electron chi connectivity index (χ2n) is 8.98. The second kappa shape index (κ2) is 10.6. The third-order valence-electron chi connectivity index (χ3n) is 6.80. The van der Waals surface area contributed by atoms with E-state index >= 15 is 0 Å². The lowest BCUT2D eigenvalue weighted by atomic mass is 9.93. The average molecular weight is 487 g/mol. The Hall–Kier alpha value is -3.27. The summed E-state index contributed by atoms with van der Waals surface area (Å²) in [5.74, 6) is 0.895. The summed E-state index contributed by atoms with van der Waals surface area (Å²) in [4.78, 5) is 44.3. The molecule has 10 heteroatoms. The zero-order valence-electron chi connectivity index (χ0n) is 20.8. The number of nitrogens with one attached hydrogen (secondary N) is 1. The maximum absolute atomic E-state index is 13.3. The Labute approximate surface area is 205 Å². The van der Waals surface area contributed by atoms with Gasteiger partial charge < -0.3 is 24.4 Å². The predicted octanol–water partition coefficient (Wildman–Crippen LogP) is 1.77. The van der Waals surface area contributed by atoms with Crippen molar-refractivity contribution in [3.63, 3.8) is 0 Å². The summed E-state index contributed by atoms with van der Waals surface area (Å²) in [6, 6.07) is 4.26. The Morgan fingerprint density at radius 3 is 2.40 bits per heavy atom. The lowest BCUT2D eigenvalue weighted by Gasteiger charge is -2.39. The Morgan fingerprint density at radius 1 is 1.09 bits per heavy atom. The number of likely N-dealkylation sites (N-methyl/N-ethyl adjacent to an activating group) is 1. The molecule has 1 saturated carbocycles. The number of ether oxygens (including phenoxy) is 3. The fourth-order valence-corrected chi connectivity index (χ4v) is 4.70. The molecule has 0 bridgehead atoms. The summed E-state index contributed by atoms with van der Waals surface area (Å²) < 4.78 is 16.5. The molecule has 3 amide bonds. The van der Waals surface area contributed by atoms with Crippen molar-refractivity contribution in [3.05, 3.63) is 35.0 Å². The molecule has 1 aromatic carbocycles. The highest BCUT2D eigenvalue weighted by Gasteiger charge is 2.40. The number of para-hydroxylation sites is 1. The normalized spacial score (nSPS) is 21.0. The maximum atomic E-state index is 13.3. The highest BCUT2D eigenvalue weighted by molar-refractivity contribution is 5.95. The molecule has 35 heavy (non-hydrogen) atoms. The molecule has 1 aliphatic carbocycles. The van der Waals surface area contributed by atoms with Crippen LogP contribution in [0.3, 0.4) is 0 Å². The van der Waals surface area contributed by atoms with Crippen LogP contribution in [0.4, 0.5) is 4.79 Å². The lowest BCUT2D eigenvalue weighted by Crippen LogP contribution is -2.53. The molecule has 0 radical (unpaired) electrons. The van der Waals surface area contributed by atoms with Gasteiger partial charge in [0.25, 0.3) is 0 Å². The van der Waals surface area contributed by atoms with Crippen molar-refractivity contribution in [2.45, 2.75) is 25.8 Å². The van der Waals surface area contributed by atoms with E-state index in [9.17, 15) is 14.4 Å². The molecule has 1 aromatic rings. The van der Waals surface area contributed by atoms with Gasteiger partial charge in [-0.25, -0.2) is 9.59 Å². The number of carbonyl (C=O) groups excluding carboxylic acids is 3. The number of amides is 3. The quantitative estimate of drug-likeness (QED) is 0.559. The fourth-order valence-electron chi connectivity index (χ4n) is 4.70. The van der Waals surface area contributed by atoms with Crippen molar-refractivity contribution in [2.24, 2.45) is 5.92 Å². The van der Waals surface area contributed by atoms with Crippen LogP contribution in [0.5, 0.6) is 11.5 Å². The SMILES string of the molecule is CCOC(=O)C1=C(CN2CCN(C(=O)C3CC3)CC2)N(C)C(=O)N[C@H]1c1cccc(OC)c1OC. The number of piperazine rings is 1. The van der Waals surface area contributed by atoms with E-state index in [1.165, 1.54) is 19.1 Å². The van der Waals surface area contributed by atoms with Crippen molar-refractivity contribution in [1.29, 1.82) is 0 Å². The Bertz CT molecular complexity index is 1010. The van der Waals surface area contributed by atoms with Gasteiger partial charge in [0.2, 0.25) is 5.91 Å². The summed E-state index contributed by atoms with van der Waals surface area (Å²) >= 11 is 0. The molecule has 2 fully saturated rings. The standard InChI is InChI=1S/C25H34N4O6/c1-5-35-24(31)20-18(15-28-11-13-29(14-12-28)23(30)16-9-10-16)27(2)25(32)26-21(20)17-7-6-8-19(33-3)22(17)34-4/h6-8,16,21H,5,9-15H2,1-4H3,(H,26,32)/t21-/m0/s1. The minimum atomic E-state index is -0.768. The summed E-state index contributed by atoms with van der Waals surface area (Å²) in [5.41, 5.74) is 1.54. The first-order chi connectivity index (χ1) is 16.9. The predicted molar refractivity (Wildman–Crippen MR) is 128 cm³/mol. The minimum Gasteiger partial charge on any atom is -0.493 e. The van der Waals surface area contributed by atoms with Gasteiger partial charge >= 0.3 is 12.0 Å². The van der Waals surface area contributed by atoms with Crippen molar-refractivity contribution in [2.75, 3.05) is 60.6 Å². The largest absolute Gasteiger partial charge is 0.493 e. The molecular formula is C25H34N4O6. The molecule has 0 spiro atoms.